The van der Waals surface area contributed by atoms with Gasteiger partial charge in [-0.2, -0.15) is 0 Å². The average Bonchev–Trinajstić information content (AvgIpc) is 3.05. The maximum Gasteiger partial charge on any atom is 0.289 e. The SMILES string of the molecule is O=C(CCNC(=O)c1cccc(CN2C(=O)CSC2=O)c1)NCc1ccccc1. The molecule has 150 valence electrons. The molecular formula is C21H21N3O4S. The zero-order valence-electron chi connectivity index (χ0n) is 15.7. The number of nitrogens with one attached hydrogen (secondary N) is 2. The van der Waals surface area contributed by atoms with Crippen molar-refractivity contribution in [2.75, 3.05) is 12.3 Å². The second-order valence-corrected chi connectivity index (χ2v) is 7.43. The Hall–Kier alpha value is -3.13. The number of thioether (sulfide) groups is 1. The van der Waals surface area contributed by atoms with Gasteiger partial charge in [-0.05, 0) is 23.3 Å². The molecule has 29 heavy (non-hydrogen) atoms. The highest BCUT2D eigenvalue weighted by atomic mass is 32.2. The molecular weight excluding hydrogens is 390 g/mol. The van der Waals surface area contributed by atoms with Crippen molar-refractivity contribution in [1.82, 2.24) is 15.5 Å². The molecule has 0 radical (unpaired) electrons. The van der Waals surface area contributed by atoms with Crippen molar-refractivity contribution in [3.05, 3.63) is 71.3 Å². The van der Waals surface area contributed by atoms with Crippen LogP contribution >= 0.6 is 11.8 Å². The molecule has 0 spiro atoms. The summed E-state index contributed by atoms with van der Waals surface area (Å²) >= 11 is 0.980. The molecule has 0 unspecified atom stereocenters. The Bertz CT molecular complexity index is 901. The molecule has 1 aliphatic rings. The van der Waals surface area contributed by atoms with E-state index in [4.69, 9.17) is 0 Å². The Kier molecular flexibility index (Phi) is 7.02. The first-order valence-corrected chi connectivity index (χ1v) is 10.2. The lowest BCUT2D eigenvalue weighted by molar-refractivity contribution is -0.125. The lowest BCUT2D eigenvalue weighted by Gasteiger charge is -2.13. The minimum absolute atomic E-state index is 0.147. The predicted molar refractivity (Wildman–Crippen MR) is 110 cm³/mol. The average molecular weight is 411 g/mol. The fourth-order valence-electron chi connectivity index (χ4n) is 2.80. The van der Waals surface area contributed by atoms with E-state index in [0.29, 0.717) is 17.7 Å². The van der Waals surface area contributed by atoms with Crippen LogP contribution in [0.2, 0.25) is 0 Å². The van der Waals surface area contributed by atoms with Crippen molar-refractivity contribution in [2.45, 2.75) is 19.5 Å². The smallest absolute Gasteiger partial charge is 0.289 e. The van der Waals surface area contributed by atoms with E-state index >= 15 is 0 Å². The van der Waals surface area contributed by atoms with Gasteiger partial charge in [-0.25, -0.2) is 0 Å². The minimum atomic E-state index is -0.309. The van der Waals surface area contributed by atoms with Gasteiger partial charge >= 0.3 is 0 Å². The van der Waals surface area contributed by atoms with E-state index in [2.05, 4.69) is 10.6 Å². The number of rotatable bonds is 8. The molecule has 3 rings (SSSR count). The first-order valence-electron chi connectivity index (χ1n) is 9.18. The third-order valence-corrected chi connectivity index (χ3v) is 5.20. The topological polar surface area (TPSA) is 95.6 Å². The number of nitrogens with zero attached hydrogens (tertiary/aromatic N) is 1. The predicted octanol–water partition coefficient (Wildman–Crippen LogP) is 2.32. The Morgan fingerprint density at radius 2 is 1.72 bits per heavy atom. The van der Waals surface area contributed by atoms with E-state index in [1.165, 1.54) is 4.90 Å². The molecule has 1 heterocycles. The molecule has 0 bridgehead atoms. The second-order valence-electron chi connectivity index (χ2n) is 6.50. The summed E-state index contributed by atoms with van der Waals surface area (Å²) in [5, 5.41) is 5.25. The van der Waals surface area contributed by atoms with Crippen molar-refractivity contribution < 1.29 is 19.2 Å². The van der Waals surface area contributed by atoms with Gasteiger partial charge in [0.1, 0.15) is 0 Å². The van der Waals surface area contributed by atoms with Crippen LogP contribution in [0.3, 0.4) is 0 Å². The molecule has 0 saturated carbocycles. The van der Waals surface area contributed by atoms with E-state index in [1.54, 1.807) is 24.3 Å². The quantitative estimate of drug-likeness (QED) is 0.695. The van der Waals surface area contributed by atoms with Gasteiger partial charge in [0.2, 0.25) is 11.8 Å². The summed E-state index contributed by atoms with van der Waals surface area (Å²) < 4.78 is 0. The van der Waals surface area contributed by atoms with E-state index in [9.17, 15) is 19.2 Å². The number of carbonyl (C=O) groups excluding carboxylic acids is 4. The van der Waals surface area contributed by atoms with Crippen LogP contribution in [0, 0.1) is 0 Å². The molecule has 2 N–H and O–H groups in total. The van der Waals surface area contributed by atoms with Gasteiger partial charge in [-0.15, -0.1) is 0 Å². The highest BCUT2D eigenvalue weighted by Crippen LogP contribution is 2.21. The molecule has 1 fully saturated rings. The number of benzene rings is 2. The van der Waals surface area contributed by atoms with E-state index in [1.807, 2.05) is 30.3 Å². The van der Waals surface area contributed by atoms with Gasteiger partial charge in [-0.1, -0.05) is 54.2 Å². The number of imide groups is 1. The van der Waals surface area contributed by atoms with Crippen molar-refractivity contribution in [1.29, 1.82) is 0 Å². The van der Waals surface area contributed by atoms with Crippen LogP contribution < -0.4 is 10.6 Å². The third kappa shape index (κ3) is 5.92. The van der Waals surface area contributed by atoms with Crippen LogP contribution in [0.4, 0.5) is 4.79 Å². The Morgan fingerprint density at radius 3 is 2.45 bits per heavy atom. The second kappa shape index (κ2) is 9.88. The molecule has 4 amide bonds. The van der Waals surface area contributed by atoms with Crippen LogP contribution in [0.1, 0.15) is 27.9 Å². The molecule has 2 aromatic carbocycles. The van der Waals surface area contributed by atoms with Crippen LogP contribution in [0.5, 0.6) is 0 Å². The summed E-state index contributed by atoms with van der Waals surface area (Å²) in [5.74, 6) is -0.523. The van der Waals surface area contributed by atoms with Gasteiger partial charge in [0.15, 0.2) is 0 Å². The molecule has 1 saturated heterocycles. The molecule has 7 nitrogen and oxygen atoms in total. The standard InChI is InChI=1S/C21H21N3O4S/c25-18(23-12-15-5-2-1-3-6-15)9-10-22-20(27)17-8-4-7-16(11-17)13-24-19(26)14-29-21(24)28/h1-8,11H,9-10,12-14H2,(H,22,27)(H,23,25). The zero-order chi connectivity index (χ0) is 20.6. The Labute approximate surface area is 172 Å². The lowest BCUT2D eigenvalue weighted by Crippen LogP contribution is -2.31. The van der Waals surface area contributed by atoms with Crippen molar-refractivity contribution in [3.8, 4) is 0 Å². The van der Waals surface area contributed by atoms with Crippen LogP contribution in [-0.2, 0) is 22.7 Å². The normalized spacial score (nSPS) is 13.4. The van der Waals surface area contributed by atoms with E-state index in [-0.39, 0.29) is 48.2 Å². The molecule has 8 heteroatoms. The van der Waals surface area contributed by atoms with Gasteiger partial charge in [0, 0.05) is 25.1 Å². The van der Waals surface area contributed by atoms with Gasteiger partial charge in [-0.3, -0.25) is 24.1 Å². The molecule has 0 aliphatic carbocycles. The molecule has 1 aliphatic heterocycles. The van der Waals surface area contributed by atoms with Crippen molar-refractivity contribution >= 4 is 34.7 Å². The number of carbonyl (C=O) groups is 4. The van der Waals surface area contributed by atoms with Crippen LogP contribution in [-0.4, -0.2) is 40.2 Å². The van der Waals surface area contributed by atoms with Gasteiger partial charge in [0.05, 0.1) is 12.3 Å². The van der Waals surface area contributed by atoms with E-state index < -0.39 is 0 Å². The summed E-state index contributed by atoms with van der Waals surface area (Å²) in [4.78, 5) is 48.8. The molecule has 2 aromatic rings. The van der Waals surface area contributed by atoms with Crippen molar-refractivity contribution in [3.63, 3.8) is 0 Å². The number of hydrogen-bond donors (Lipinski definition) is 2. The Morgan fingerprint density at radius 1 is 0.966 bits per heavy atom. The lowest BCUT2D eigenvalue weighted by atomic mass is 10.1. The molecule has 0 atom stereocenters. The summed E-state index contributed by atoms with van der Waals surface area (Å²) in [5.41, 5.74) is 2.12. The number of hydrogen-bond acceptors (Lipinski definition) is 5. The maximum absolute atomic E-state index is 12.3. The largest absolute Gasteiger partial charge is 0.352 e. The third-order valence-electron chi connectivity index (χ3n) is 4.34. The summed E-state index contributed by atoms with van der Waals surface area (Å²) in [6.07, 6.45) is 0.173. The maximum atomic E-state index is 12.3. The zero-order valence-corrected chi connectivity index (χ0v) is 16.5. The summed E-state index contributed by atoms with van der Waals surface area (Å²) in [6.45, 7) is 0.805. The highest BCUT2D eigenvalue weighted by molar-refractivity contribution is 8.14. The first kappa shape index (κ1) is 20.6. The highest BCUT2D eigenvalue weighted by Gasteiger charge is 2.29. The fourth-order valence-corrected chi connectivity index (χ4v) is 3.53. The number of amides is 4. The first-order chi connectivity index (χ1) is 14.0. The minimum Gasteiger partial charge on any atom is -0.352 e. The Balaban J connectivity index is 1.45. The van der Waals surface area contributed by atoms with Gasteiger partial charge < -0.3 is 10.6 Å². The van der Waals surface area contributed by atoms with Crippen LogP contribution in [0.15, 0.2) is 54.6 Å². The van der Waals surface area contributed by atoms with Crippen molar-refractivity contribution in [2.24, 2.45) is 0 Å². The molecule has 0 aromatic heterocycles. The summed E-state index contributed by atoms with van der Waals surface area (Å²) in [7, 11) is 0. The van der Waals surface area contributed by atoms with Gasteiger partial charge in [0.25, 0.3) is 11.1 Å². The van der Waals surface area contributed by atoms with E-state index in [0.717, 1.165) is 17.3 Å². The fraction of sp³-hybridized carbons (Fsp3) is 0.238. The summed E-state index contributed by atoms with van der Waals surface area (Å²) in [6, 6.07) is 16.3. The monoisotopic (exact) mass is 411 g/mol. The van der Waals surface area contributed by atoms with Crippen LogP contribution in [0.25, 0.3) is 0 Å².